The van der Waals surface area contributed by atoms with E-state index in [1.807, 2.05) is 0 Å². The first-order valence-corrected chi connectivity index (χ1v) is 8.68. The Labute approximate surface area is 136 Å². The second kappa shape index (κ2) is 5.60. The molecular formula is C14H11N3O4S2. The van der Waals surface area contributed by atoms with Gasteiger partial charge in [0.15, 0.2) is 0 Å². The van der Waals surface area contributed by atoms with Crippen LogP contribution in [0.15, 0.2) is 41.3 Å². The van der Waals surface area contributed by atoms with Gasteiger partial charge in [0, 0.05) is 0 Å². The molecule has 1 aromatic heterocycles. The van der Waals surface area contributed by atoms with Crippen molar-refractivity contribution < 1.29 is 18.3 Å². The van der Waals surface area contributed by atoms with E-state index in [0.717, 1.165) is 17.3 Å². The van der Waals surface area contributed by atoms with E-state index in [9.17, 15) is 18.3 Å². The van der Waals surface area contributed by atoms with E-state index in [1.165, 1.54) is 18.2 Å². The number of sulfonamides is 1. The largest absolute Gasteiger partial charge is 0.478 e. The Morgan fingerprint density at radius 3 is 2.74 bits per heavy atom. The number of aryl methyl sites for hydroxylation is 1. The second-order valence-electron chi connectivity index (χ2n) is 4.85. The van der Waals surface area contributed by atoms with E-state index in [-0.39, 0.29) is 21.7 Å². The van der Waals surface area contributed by atoms with Crippen molar-refractivity contribution in [3.8, 4) is 0 Å². The van der Waals surface area contributed by atoms with Crippen molar-refractivity contribution in [3.05, 3.63) is 47.5 Å². The standard InChI is InChI=1S/C14H11N3O4S2/c1-8-5-6-9(14(18)19)11(7-8)17-23(20,21)12-4-2-3-10-13(12)16-22-15-10/h2-7,17H,1H3,(H,18,19). The Kier molecular flexibility index (Phi) is 3.74. The number of hydrogen-bond acceptors (Lipinski definition) is 6. The molecule has 0 saturated heterocycles. The average Bonchev–Trinajstić information content (AvgIpc) is 2.94. The molecule has 0 bridgehead atoms. The molecule has 0 saturated carbocycles. The van der Waals surface area contributed by atoms with Gasteiger partial charge in [0.2, 0.25) is 0 Å². The van der Waals surface area contributed by atoms with Gasteiger partial charge in [-0.25, -0.2) is 13.2 Å². The van der Waals surface area contributed by atoms with E-state index in [0.29, 0.717) is 5.52 Å². The van der Waals surface area contributed by atoms with Crippen LogP contribution in [0.25, 0.3) is 11.0 Å². The highest BCUT2D eigenvalue weighted by Crippen LogP contribution is 2.25. The van der Waals surface area contributed by atoms with Crippen molar-refractivity contribution in [2.24, 2.45) is 0 Å². The maximum absolute atomic E-state index is 12.6. The predicted octanol–water partition coefficient (Wildman–Crippen LogP) is 2.50. The molecule has 3 rings (SSSR count). The van der Waals surface area contributed by atoms with Gasteiger partial charge in [-0.3, -0.25) is 4.72 Å². The van der Waals surface area contributed by atoms with Gasteiger partial charge in [0.05, 0.1) is 23.0 Å². The van der Waals surface area contributed by atoms with Crippen LogP contribution in [0.3, 0.4) is 0 Å². The summed E-state index contributed by atoms with van der Waals surface area (Å²) in [7, 11) is -3.99. The minimum Gasteiger partial charge on any atom is -0.478 e. The van der Waals surface area contributed by atoms with Crippen LogP contribution >= 0.6 is 11.7 Å². The first-order chi connectivity index (χ1) is 10.9. The molecule has 0 atom stereocenters. The summed E-state index contributed by atoms with van der Waals surface area (Å²) in [5.74, 6) is -1.21. The number of rotatable bonds is 4. The minimum atomic E-state index is -3.99. The van der Waals surface area contributed by atoms with Gasteiger partial charge in [-0.05, 0) is 36.8 Å². The summed E-state index contributed by atoms with van der Waals surface area (Å²) in [6, 6.07) is 9.06. The summed E-state index contributed by atoms with van der Waals surface area (Å²) < 4.78 is 35.6. The number of aromatic carboxylic acids is 1. The summed E-state index contributed by atoms with van der Waals surface area (Å²) in [4.78, 5) is 11.2. The van der Waals surface area contributed by atoms with Crippen LogP contribution in [0, 0.1) is 6.92 Å². The molecule has 0 amide bonds. The Morgan fingerprint density at radius 2 is 2.00 bits per heavy atom. The maximum Gasteiger partial charge on any atom is 0.337 e. The second-order valence-corrected chi connectivity index (χ2v) is 7.03. The zero-order valence-electron chi connectivity index (χ0n) is 11.8. The molecule has 1 heterocycles. The van der Waals surface area contributed by atoms with E-state index >= 15 is 0 Å². The molecule has 0 aliphatic carbocycles. The molecule has 23 heavy (non-hydrogen) atoms. The zero-order chi connectivity index (χ0) is 16.6. The highest BCUT2D eigenvalue weighted by Gasteiger charge is 2.22. The summed E-state index contributed by atoms with van der Waals surface area (Å²) in [5.41, 5.74) is 1.36. The van der Waals surface area contributed by atoms with Crippen LogP contribution in [-0.2, 0) is 10.0 Å². The first-order valence-electron chi connectivity index (χ1n) is 6.46. The average molecular weight is 349 g/mol. The SMILES string of the molecule is Cc1ccc(C(=O)O)c(NS(=O)(=O)c2cccc3nsnc23)c1. The van der Waals surface area contributed by atoms with Crippen molar-refractivity contribution >= 4 is 44.4 Å². The first kappa shape index (κ1) is 15.4. The lowest BCUT2D eigenvalue weighted by molar-refractivity contribution is 0.0698. The van der Waals surface area contributed by atoms with E-state index in [1.54, 1.807) is 25.1 Å². The number of fused-ring (bicyclic) bond motifs is 1. The molecule has 2 N–H and O–H groups in total. The number of hydrogen-bond donors (Lipinski definition) is 2. The van der Waals surface area contributed by atoms with Crippen molar-refractivity contribution in [2.45, 2.75) is 11.8 Å². The number of carboxylic acids is 1. The fraction of sp³-hybridized carbons (Fsp3) is 0.0714. The fourth-order valence-corrected chi connectivity index (χ4v) is 3.97. The highest BCUT2D eigenvalue weighted by atomic mass is 32.2. The molecule has 118 valence electrons. The lowest BCUT2D eigenvalue weighted by atomic mass is 10.1. The Bertz CT molecular complexity index is 1010. The zero-order valence-corrected chi connectivity index (χ0v) is 13.5. The van der Waals surface area contributed by atoms with Crippen molar-refractivity contribution in [1.82, 2.24) is 8.75 Å². The number of nitrogens with one attached hydrogen (secondary N) is 1. The third kappa shape index (κ3) is 2.88. The summed E-state index contributed by atoms with van der Waals surface area (Å²) in [5, 5.41) is 9.21. The Morgan fingerprint density at radius 1 is 1.22 bits per heavy atom. The van der Waals surface area contributed by atoms with Gasteiger partial charge < -0.3 is 5.11 Å². The van der Waals surface area contributed by atoms with E-state index < -0.39 is 16.0 Å². The predicted molar refractivity (Wildman–Crippen MR) is 86.4 cm³/mol. The molecular weight excluding hydrogens is 338 g/mol. The van der Waals surface area contributed by atoms with Crippen LogP contribution < -0.4 is 4.72 Å². The smallest absolute Gasteiger partial charge is 0.337 e. The molecule has 0 fully saturated rings. The summed E-state index contributed by atoms with van der Waals surface area (Å²) in [6.45, 7) is 1.74. The highest BCUT2D eigenvalue weighted by molar-refractivity contribution is 7.93. The van der Waals surface area contributed by atoms with Crippen molar-refractivity contribution in [2.75, 3.05) is 4.72 Å². The molecule has 9 heteroatoms. The van der Waals surface area contributed by atoms with Gasteiger partial charge in [0.25, 0.3) is 10.0 Å². The van der Waals surface area contributed by atoms with Gasteiger partial charge in [-0.15, -0.1) is 0 Å². The number of carboxylic acid groups (broad SMARTS) is 1. The Balaban J connectivity index is 2.11. The number of anilines is 1. The van der Waals surface area contributed by atoms with Crippen LogP contribution in [-0.4, -0.2) is 28.2 Å². The molecule has 0 radical (unpaired) electrons. The number of benzene rings is 2. The van der Waals surface area contributed by atoms with Gasteiger partial charge >= 0.3 is 5.97 Å². The lowest BCUT2D eigenvalue weighted by Gasteiger charge is -2.11. The lowest BCUT2D eigenvalue weighted by Crippen LogP contribution is -2.16. The molecule has 2 aromatic carbocycles. The van der Waals surface area contributed by atoms with Crippen LogP contribution in [0.1, 0.15) is 15.9 Å². The van der Waals surface area contributed by atoms with Gasteiger partial charge in [-0.2, -0.15) is 8.75 Å². The van der Waals surface area contributed by atoms with Crippen molar-refractivity contribution in [3.63, 3.8) is 0 Å². The van der Waals surface area contributed by atoms with Gasteiger partial charge in [0.1, 0.15) is 15.9 Å². The van der Waals surface area contributed by atoms with Crippen LogP contribution in [0.5, 0.6) is 0 Å². The number of aromatic nitrogens is 2. The Hall–Kier alpha value is -2.52. The number of carbonyl (C=O) groups is 1. The number of nitrogens with zero attached hydrogens (tertiary/aromatic N) is 2. The minimum absolute atomic E-state index is 0.0118. The van der Waals surface area contributed by atoms with Gasteiger partial charge in [-0.1, -0.05) is 12.1 Å². The normalized spacial score (nSPS) is 11.5. The molecule has 0 aliphatic heterocycles. The molecule has 0 spiro atoms. The summed E-state index contributed by atoms with van der Waals surface area (Å²) in [6.07, 6.45) is 0. The third-order valence-electron chi connectivity index (χ3n) is 3.19. The fourth-order valence-electron chi connectivity index (χ4n) is 2.13. The van der Waals surface area contributed by atoms with Crippen LogP contribution in [0.4, 0.5) is 5.69 Å². The molecule has 0 aliphatic rings. The van der Waals surface area contributed by atoms with Crippen molar-refractivity contribution in [1.29, 1.82) is 0 Å². The van der Waals surface area contributed by atoms with Crippen LogP contribution in [0.2, 0.25) is 0 Å². The third-order valence-corrected chi connectivity index (χ3v) is 5.13. The van der Waals surface area contributed by atoms with E-state index in [4.69, 9.17) is 0 Å². The topological polar surface area (TPSA) is 109 Å². The maximum atomic E-state index is 12.6. The molecule has 3 aromatic rings. The monoisotopic (exact) mass is 349 g/mol. The van der Waals surface area contributed by atoms with E-state index in [2.05, 4.69) is 13.5 Å². The molecule has 7 nitrogen and oxygen atoms in total. The molecule has 0 unspecified atom stereocenters. The summed E-state index contributed by atoms with van der Waals surface area (Å²) >= 11 is 0.914. The quantitative estimate of drug-likeness (QED) is 0.749.